The zero-order valence-corrected chi connectivity index (χ0v) is 15.0. The van der Waals surface area contributed by atoms with Crippen molar-refractivity contribution in [2.75, 3.05) is 43.6 Å². The molecule has 0 aromatic heterocycles. The number of nitrogens with two attached hydrogens (primary N) is 1. The first-order valence-corrected chi connectivity index (χ1v) is 8.44. The molecule has 0 radical (unpaired) electrons. The molecule has 0 saturated carbocycles. The van der Waals surface area contributed by atoms with Crippen molar-refractivity contribution in [1.82, 2.24) is 4.90 Å². The van der Waals surface area contributed by atoms with E-state index in [1.807, 2.05) is 12.1 Å². The van der Waals surface area contributed by atoms with E-state index in [4.69, 9.17) is 15.2 Å². The summed E-state index contributed by atoms with van der Waals surface area (Å²) in [7, 11) is 0. The molecule has 25 heavy (non-hydrogen) atoms. The molecule has 1 fully saturated rings. The van der Waals surface area contributed by atoms with Crippen LogP contribution in [0, 0.1) is 0 Å². The lowest BCUT2D eigenvalue weighted by Gasteiger charge is -2.36. The Morgan fingerprint density at radius 2 is 1.76 bits per heavy atom. The van der Waals surface area contributed by atoms with Crippen LogP contribution in [0.4, 0.5) is 11.4 Å². The highest BCUT2D eigenvalue weighted by molar-refractivity contribution is 5.85. The molecule has 0 unspecified atom stereocenters. The van der Waals surface area contributed by atoms with Crippen LogP contribution in [0.25, 0.3) is 0 Å². The van der Waals surface area contributed by atoms with Crippen molar-refractivity contribution in [3.8, 4) is 5.75 Å². The average molecular weight is 362 g/mol. The van der Waals surface area contributed by atoms with E-state index in [2.05, 4.69) is 40.1 Å². The largest absolute Gasteiger partial charge is 0.467 e. The Hall–Kier alpha value is -1.95. The van der Waals surface area contributed by atoms with Gasteiger partial charge in [0.1, 0.15) is 5.75 Å². The van der Waals surface area contributed by atoms with Gasteiger partial charge in [-0.05, 0) is 24.3 Å². The summed E-state index contributed by atoms with van der Waals surface area (Å²) < 4.78 is 11.1. The normalized spacial score (nSPS) is 17.4. The lowest BCUT2D eigenvalue weighted by atomic mass is 10.1. The first kappa shape index (κ1) is 17.9. The summed E-state index contributed by atoms with van der Waals surface area (Å²) in [6.07, 6.45) is 0. The fraction of sp³-hybridized carbons (Fsp3) is 0.368. The summed E-state index contributed by atoms with van der Waals surface area (Å²) in [5, 5.41) is 0. The molecule has 6 heteroatoms. The predicted molar refractivity (Wildman–Crippen MR) is 102 cm³/mol. The summed E-state index contributed by atoms with van der Waals surface area (Å²) in [6, 6.07) is 14.6. The Morgan fingerprint density at radius 3 is 2.52 bits per heavy atom. The molecule has 0 spiro atoms. The van der Waals surface area contributed by atoms with Gasteiger partial charge in [0.25, 0.3) is 0 Å². The molecule has 0 amide bonds. The highest BCUT2D eigenvalue weighted by Crippen LogP contribution is 2.32. The molecule has 134 valence electrons. The van der Waals surface area contributed by atoms with Gasteiger partial charge in [-0.1, -0.05) is 18.2 Å². The highest BCUT2D eigenvalue weighted by Gasteiger charge is 2.21. The molecule has 4 rings (SSSR count). The van der Waals surface area contributed by atoms with E-state index in [1.165, 1.54) is 11.3 Å². The molecule has 2 heterocycles. The van der Waals surface area contributed by atoms with Crippen LogP contribution in [-0.4, -0.2) is 37.9 Å². The summed E-state index contributed by atoms with van der Waals surface area (Å²) in [5.74, 6) is 0.959. The maximum atomic E-state index is 6.05. The number of nitrogens with zero attached hydrogens (tertiary/aromatic N) is 2. The van der Waals surface area contributed by atoms with Crippen molar-refractivity contribution in [3.63, 3.8) is 0 Å². The van der Waals surface area contributed by atoms with Gasteiger partial charge in [-0.15, -0.1) is 12.4 Å². The van der Waals surface area contributed by atoms with Gasteiger partial charge in [-0.3, -0.25) is 4.90 Å². The molecule has 1 saturated heterocycles. The SMILES string of the molecule is Cl.Nc1cc2c(c(CN3CCN(c4ccccc4)CC3)c1)OCOC2. The number of benzene rings is 2. The number of hydrogen-bond acceptors (Lipinski definition) is 5. The minimum atomic E-state index is 0. The Bertz CT molecular complexity index is 703. The van der Waals surface area contributed by atoms with Crippen LogP contribution in [0.2, 0.25) is 0 Å². The van der Waals surface area contributed by atoms with E-state index in [1.54, 1.807) is 0 Å². The zero-order valence-electron chi connectivity index (χ0n) is 14.2. The molecule has 2 aliphatic rings. The number of para-hydroxylation sites is 1. The van der Waals surface area contributed by atoms with Gasteiger partial charge in [0.15, 0.2) is 6.79 Å². The maximum Gasteiger partial charge on any atom is 0.189 e. The summed E-state index contributed by atoms with van der Waals surface area (Å²) in [5.41, 5.74) is 10.4. The topological polar surface area (TPSA) is 51.0 Å². The number of nitrogen functional groups attached to an aromatic ring is 1. The Kier molecular flexibility index (Phi) is 5.68. The molecule has 0 bridgehead atoms. The van der Waals surface area contributed by atoms with Gasteiger partial charge in [0.05, 0.1) is 6.61 Å². The fourth-order valence-electron chi connectivity index (χ4n) is 3.49. The van der Waals surface area contributed by atoms with Crippen LogP contribution in [0.15, 0.2) is 42.5 Å². The third-order valence-corrected chi connectivity index (χ3v) is 4.70. The van der Waals surface area contributed by atoms with Crippen LogP contribution < -0.4 is 15.4 Å². The third-order valence-electron chi connectivity index (χ3n) is 4.70. The number of fused-ring (bicyclic) bond motifs is 1. The molecule has 2 N–H and O–H groups in total. The lowest BCUT2D eigenvalue weighted by molar-refractivity contribution is -0.0174. The van der Waals surface area contributed by atoms with Crippen LogP contribution in [0.1, 0.15) is 11.1 Å². The Morgan fingerprint density at radius 1 is 1.00 bits per heavy atom. The first-order chi connectivity index (χ1) is 11.8. The van der Waals surface area contributed by atoms with Crippen LogP contribution >= 0.6 is 12.4 Å². The van der Waals surface area contributed by atoms with Gasteiger partial charge in [-0.2, -0.15) is 0 Å². The van der Waals surface area contributed by atoms with Gasteiger partial charge < -0.3 is 20.1 Å². The number of rotatable bonds is 3. The fourth-order valence-corrected chi connectivity index (χ4v) is 3.49. The van der Waals surface area contributed by atoms with Gasteiger partial charge in [0, 0.05) is 55.2 Å². The lowest BCUT2D eigenvalue weighted by Crippen LogP contribution is -2.46. The van der Waals surface area contributed by atoms with Crippen LogP contribution in [-0.2, 0) is 17.9 Å². The zero-order chi connectivity index (χ0) is 16.4. The molecule has 0 atom stereocenters. The van der Waals surface area contributed by atoms with E-state index in [0.717, 1.165) is 49.7 Å². The minimum Gasteiger partial charge on any atom is -0.467 e. The molecular weight excluding hydrogens is 338 g/mol. The molecule has 5 nitrogen and oxygen atoms in total. The van der Waals surface area contributed by atoms with Crippen LogP contribution in [0.5, 0.6) is 5.75 Å². The van der Waals surface area contributed by atoms with E-state index in [-0.39, 0.29) is 12.4 Å². The smallest absolute Gasteiger partial charge is 0.189 e. The van der Waals surface area contributed by atoms with Crippen molar-refractivity contribution in [2.24, 2.45) is 0 Å². The maximum absolute atomic E-state index is 6.05. The van der Waals surface area contributed by atoms with Gasteiger partial charge in [0.2, 0.25) is 0 Å². The number of halogens is 1. The van der Waals surface area contributed by atoms with Crippen LogP contribution in [0.3, 0.4) is 0 Å². The molecule has 2 aromatic carbocycles. The Labute approximate surface area is 154 Å². The number of hydrogen-bond donors (Lipinski definition) is 1. The summed E-state index contributed by atoms with van der Waals surface area (Å²) >= 11 is 0. The molecular formula is C19H24ClN3O2. The monoisotopic (exact) mass is 361 g/mol. The Balaban J connectivity index is 0.00000182. The second kappa shape index (κ2) is 7.95. The third kappa shape index (κ3) is 4.00. The second-order valence-corrected chi connectivity index (χ2v) is 6.38. The van der Waals surface area contributed by atoms with Crippen molar-refractivity contribution in [1.29, 1.82) is 0 Å². The highest BCUT2D eigenvalue weighted by atomic mass is 35.5. The van der Waals surface area contributed by atoms with Crippen molar-refractivity contribution in [3.05, 3.63) is 53.6 Å². The van der Waals surface area contributed by atoms with Crippen molar-refractivity contribution in [2.45, 2.75) is 13.2 Å². The van der Waals surface area contributed by atoms with Gasteiger partial charge >= 0.3 is 0 Å². The van der Waals surface area contributed by atoms with Gasteiger partial charge in [-0.25, -0.2) is 0 Å². The van der Waals surface area contributed by atoms with E-state index in [9.17, 15) is 0 Å². The first-order valence-electron chi connectivity index (χ1n) is 8.44. The quantitative estimate of drug-likeness (QED) is 0.852. The van der Waals surface area contributed by atoms with E-state index >= 15 is 0 Å². The predicted octanol–water partition coefficient (Wildman–Crippen LogP) is 2.88. The minimum absolute atomic E-state index is 0. The van der Waals surface area contributed by atoms with Crippen molar-refractivity contribution < 1.29 is 9.47 Å². The molecule has 0 aliphatic carbocycles. The standard InChI is InChI=1S/C19H23N3O2.ClH/c20-17-10-15(19-16(11-17)13-23-14-24-19)12-21-6-8-22(9-7-21)18-4-2-1-3-5-18;/h1-5,10-11H,6-9,12-14,20H2;1H. The van der Waals surface area contributed by atoms with E-state index in [0.29, 0.717) is 13.4 Å². The van der Waals surface area contributed by atoms with Crippen molar-refractivity contribution >= 4 is 23.8 Å². The molecule has 2 aliphatic heterocycles. The number of ether oxygens (including phenoxy) is 2. The molecule has 2 aromatic rings. The second-order valence-electron chi connectivity index (χ2n) is 6.38. The number of piperazine rings is 1. The van der Waals surface area contributed by atoms with E-state index < -0.39 is 0 Å². The summed E-state index contributed by atoms with van der Waals surface area (Å²) in [4.78, 5) is 4.91. The number of anilines is 2. The summed E-state index contributed by atoms with van der Waals surface area (Å²) in [6.45, 7) is 5.93. The average Bonchev–Trinajstić information content (AvgIpc) is 2.63.